The van der Waals surface area contributed by atoms with Crippen LogP contribution in [-0.4, -0.2) is 41.5 Å². The molecule has 1 fully saturated rings. The van der Waals surface area contributed by atoms with Gasteiger partial charge in [-0.25, -0.2) is 9.97 Å². The van der Waals surface area contributed by atoms with Crippen molar-refractivity contribution in [3.63, 3.8) is 0 Å². The van der Waals surface area contributed by atoms with Crippen LogP contribution in [0.1, 0.15) is 18.5 Å². The van der Waals surface area contributed by atoms with E-state index in [1.807, 2.05) is 6.07 Å². The fourth-order valence-corrected chi connectivity index (χ4v) is 2.47. The lowest BCUT2D eigenvalue weighted by atomic mass is 9.98. The summed E-state index contributed by atoms with van der Waals surface area (Å²) in [7, 11) is 2.14. The molecular weight excluding hydrogens is 271 g/mol. The molecule has 1 aliphatic heterocycles. The first-order valence-corrected chi connectivity index (χ1v) is 6.48. The number of nitrogens with zero attached hydrogens (tertiary/aromatic N) is 3. The standard InChI is InChI=1S/C12H19ClN4.ClH/c1-17(8-10-2-5-14-6-3-10)9-11-4-7-15-12(13)16-11;/h4,7,10,14H,2-3,5-6,8-9H2,1H3;1H. The molecule has 0 saturated carbocycles. The highest BCUT2D eigenvalue weighted by molar-refractivity contribution is 6.28. The zero-order valence-electron chi connectivity index (χ0n) is 10.6. The predicted molar refractivity (Wildman–Crippen MR) is 76.2 cm³/mol. The van der Waals surface area contributed by atoms with E-state index < -0.39 is 0 Å². The third-order valence-corrected chi connectivity index (χ3v) is 3.33. The number of aromatic nitrogens is 2. The Hall–Kier alpha value is -0.420. The van der Waals surface area contributed by atoms with Gasteiger partial charge in [0.2, 0.25) is 5.28 Å². The molecule has 1 N–H and O–H groups in total. The number of hydrogen-bond donors (Lipinski definition) is 1. The van der Waals surface area contributed by atoms with E-state index in [2.05, 4.69) is 27.2 Å². The van der Waals surface area contributed by atoms with Gasteiger partial charge in [0, 0.05) is 19.3 Å². The second-order valence-corrected chi connectivity index (χ2v) is 5.05. The molecule has 2 rings (SSSR count). The van der Waals surface area contributed by atoms with Crippen LogP contribution >= 0.6 is 24.0 Å². The first kappa shape index (κ1) is 15.6. The molecule has 1 aliphatic rings. The highest BCUT2D eigenvalue weighted by Crippen LogP contribution is 2.14. The third-order valence-electron chi connectivity index (χ3n) is 3.14. The van der Waals surface area contributed by atoms with E-state index in [9.17, 15) is 0 Å². The molecule has 0 unspecified atom stereocenters. The molecule has 0 atom stereocenters. The molecule has 0 bridgehead atoms. The average molecular weight is 291 g/mol. The van der Waals surface area contributed by atoms with Gasteiger partial charge in [0.1, 0.15) is 0 Å². The third kappa shape index (κ3) is 5.06. The molecule has 0 radical (unpaired) electrons. The maximum Gasteiger partial charge on any atom is 0.222 e. The molecule has 18 heavy (non-hydrogen) atoms. The molecule has 102 valence electrons. The lowest BCUT2D eigenvalue weighted by Gasteiger charge is -2.27. The summed E-state index contributed by atoms with van der Waals surface area (Å²) >= 11 is 5.77. The molecule has 0 aromatic carbocycles. The van der Waals surface area contributed by atoms with Gasteiger partial charge in [0.15, 0.2) is 0 Å². The Morgan fingerprint density at radius 2 is 2.17 bits per heavy atom. The van der Waals surface area contributed by atoms with Gasteiger partial charge in [-0.2, -0.15) is 0 Å². The first-order chi connectivity index (χ1) is 8.24. The second kappa shape index (κ2) is 7.89. The molecule has 2 heterocycles. The topological polar surface area (TPSA) is 41.1 Å². The van der Waals surface area contributed by atoms with Crippen molar-refractivity contribution in [1.29, 1.82) is 0 Å². The largest absolute Gasteiger partial charge is 0.317 e. The van der Waals surface area contributed by atoms with E-state index >= 15 is 0 Å². The van der Waals surface area contributed by atoms with Crippen molar-refractivity contribution in [2.45, 2.75) is 19.4 Å². The summed E-state index contributed by atoms with van der Waals surface area (Å²) in [6.45, 7) is 4.27. The molecule has 1 aromatic rings. The summed E-state index contributed by atoms with van der Waals surface area (Å²) in [5.41, 5.74) is 0.987. The van der Waals surface area contributed by atoms with E-state index in [-0.39, 0.29) is 12.4 Å². The van der Waals surface area contributed by atoms with E-state index in [4.69, 9.17) is 11.6 Å². The maximum absolute atomic E-state index is 5.77. The number of nitrogens with one attached hydrogen (secondary N) is 1. The maximum atomic E-state index is 5.77. The summed E-state index contributed by atoms with van der Waals surface area (Å²) in [5, 5.41) is 3.72. The molecule has 0 aliphatic carbocycles. The summed E-state index contributed by atoms with van der Waals surface area (Å²) in [5.74, 6) is 0.804. The van der Waals surface area contributed by atoms with Gasteiger partial charge < -0.3 is 10.2 Å². The SMILES string of the molecule is CN(Cc1ccnc(Cl)n1)CC1CCNCC1.Cl. The van der Waals surface area contributed by atoms with Crippen molar-refractivity contribution in [3.05, 3.63) is 23.2 Å². The number of rotatable bonds is 4. The van der Waals surface area contributed by atoms with Gasteiger partial charge in [0.25, 0.3) is 0 Å². The van der Waals surface area contributed by atoms with E-state index in [0.717, 1.165) is 37.8 Å². The predicted octanol–water partition coefficient (Wildman–Crippen LogP) is 1.98. The fourth-order valence-electron chi connectivity index (χ4n) is 2.30. The zero-order valence-corrected chi connectivity index (χ0v) is 12.2. The normalized spacial score (nSPS) is 16.6. The molecule has 6 heteroatoms. The Labute approximate surface area is 120 Å². The molecular formula is C12H20Cl2N4. The zero-order chi connectivity index (χ0) is 12.1. The van der Waals surface area contributed by atoms with Crippen molar-refractivity contribution in [2.24, 2.45) is 5.92 Å². The number of halogens is 2. The van der Waals surface area contributed by atoms with Crippen LogP contribution in [0.5, 0.6) is 0 Å². The summed E-state index contributed by atoms with van der Waals surface area (Å²) in [6, 6.07) is 1.92. The Morgan fingerprint density at radius 1 is 1.44 bits per heavy atom. The minimum Gasteiger partial charge on any atom is -0.317 e. The molecule has 1 aromatic heterocycles. The van der Waals surface area contributed by atoms with E-state index in [1.165, 1.54) is 12.8 Å². The Bertz CT molecular complexity index is 356. The van der Waals surface area contributed by atoms with E-state index in [0.29, 0.717) is 5.28 Å². The minimum absolute atomic E-state index is 0. The van der Waals surface area contributed by atoms with Crippen LogP contribution in [0.3, 0.4) is 0 Å². The molecule has 0 amide bonds. The van der Waals surface area contributed by atoms with Crippen LogP contribution in [0.15, 0.2) is 12.3 Å². The molecule has 1 saturated heterocycles. The fraction of sp³-hybridized carbons (Fsp3) is 0.667. The van der Waals surface area contributed by atoms with E-state index in [1.54, 1.807) is 6.20 Å². The summed E-state index contributed by atoms with van der Waals surface area (Å²) in [4.78, 5) is 10.4. The summed E-state index contributed by atoms with van der Waals surface area (Å²) in [6.07, 6.45) is 4.26. The van der Waals surface area contributed by atoms with Crippen LogP contribution in [0.4, 0.5) is 0 Å². The quantitative estimate of drug-likeness (QED) is 0.861. The van der Waals surface area contributed by atoms with Crippen molar-refractivity contribution in [2.75, 3.05) is 26.7 Å². The first-order valence-electron chi connectivity index (χ1n) is 6.11. The number of hydrogen-bond acceptors (Lipinski definition) is 4. The number of piperidine rings is 1. The van der Waals surface area contributed by atoms with Crippen molar-refractivity contribution >= 4 is 24.0 Å². The lowest BCUT2D eigenvalue weighted by Crippen LogP contribution is -2.34. The van der Waals surface area contributed by atoms with Crippen LogP contribution in [0.2, 0.25) is 5.28 Å². The Kier molecular flexibility index (Phi) is 6.86. The highest BCUT2D eigenvalue weighted by atomic mass is 35.5. The van der Waals surface area contributed by atoms with Crippen LogP contribution in [0, 0.1) is 5.92 Å². The van der Waals surface area contributed by atoms with Crippen molar-refractivity contribution in [1.82, 2.24) is 20.2 Å². The van der Waals surface area contributed by atoms with Crippen molar-refractivity contribution in [3.8, 4) is 0 Å². The van der Waals surface area contributed by atoms with Gasteiger partial charge in [-0.15, -0.1) is 12.4 Å². The Balaban J connectivity index is 0.00000162. The van der Waals surface area contributed by atoms with Gasteiger partial charge in [-0.1, -0.05) is 0 Å². The average Bonchev–Trinajstić information content (AvgIpc) is 2.30. The van der Waals surface area contributed by atoms with Gasteiger partial charge >= 0.3 is 0 Å². The molecule has 0 spiro atoms. The van der Waals surface area contributed by atoms with Gasteiger partial charge in [-0.3, -0.25) is 0 Å². The van der Waals surface area contributed by atoms with Gasteiger partial charge in [0.05, 0.1) is 5.69 Å². The van der Waals surface area contributed by atoms with Crippen LogP contribution in [-0.2, 0) is 6.54 Å². The van der Waals surface area contributed by atoms with Crippen LogP contribution < -0.4 is 5.32 Å². The summed E-state index contributed by atoms with van der Waals surface area (Å²) < 4.78 is 0. The lowest BCUT2D eigenvalue weighted by molar-refractivity contribution is 0.232. The smallest absolute Gasteiger partial charge is 0.222 e. The molecule has 4 nitrogen and oxygen atoms in total. The van der Waals surface area contributed by atoms with Crippen molar-refractivity contribution < 1.29 is 0 Å². The second-order valence-electron chi connectivity index (χ2n) is 4.71. The van der Waals surface area contributed by atoms with Crippen LogP contribution in [0.25, 0.3) is 0 Å². The minimum atomic E-state index is 0. The van der Waals surface area contributed by atoms with Gasteiger partial charge in [-0.05, 0) is 56.6 Å². The monoisotopic (exact) mass is 290 g/mol. The Morgan fingerprint density at radius 3 is 2.83 bits per heavy atom. The highest BCUT2D eigenvalue weighted by Gasteiger charge is 2.15.